The van der Waals surface area contributed by atoms with Crippen molar-refractivity contribution in [2.24, 2.45) is 5.92 Å². The summed E-state index contributed by atoms with van der Waals surface area (Å²) >= 11 is 0. The molecule has 146 valence electrons. The highest BCUT2D eigenvalue weighted by Gasteiger charge is 2.29. The zero-order valence-electron chi connectivity index (χ0n) is 15.9. The smallest absolute Gasteiger partial charge is 0.256 e. The minimum absolute atomic E-state index is 0.103. The number of pyridine rings is 1. The predicted molar refractivity (Wildman–Crippen MR) is 113 cm³/mol. The third-order valence-electron chi connectivity index (χ3n) is 4.86. The van der Waals surface area contributed by atoms with E-state index in [0.717, 1.165) is 29.7 Å². The van der Waals surface area contributed by atoms with Crippen LogP contribution in [0.25, 0.3) is 11.3 Å². The van der Waals surface area contributed by atoms with E-state index in [0.29, 0.717) is 23.6 Å². The van der Waals surface area contributed by atoms with E-state index in [1.807, 2.05) is 48.5 Å². The fourth-order valence-electron chi connectivity index (χ4n) is 2.97. The highest BCUT2D eigenvalue weighted by Crippen LogP contribution is 2.28. The molecule has 0 aliphatic heterocycles. The van der Waals surface area contributed by atoms with E-state index in [1.165, 1.54) is 0 Å². The normalized spacial score (nSPS) is 13.0. The highest BCUT2D eigenvalue weighted by molar-refractivity contribution is 6.05. The summed E-state index contributed by atoms with van der Waals surface area (Å²) in [5.41, 5.74) is 9.51. The van der Waals surface area contributed by atoms with Gasteiger partial charge in [0.05, 0.1) is 11.4 Å². The van der Waals surface area contributed by atoms with Crippen LogP contribution in [0.4, 0.5) is 11.5 Å². The molecule has 6 heteroatoms. The first-order valence-electron chi connectivity index (χ1n) is 9.60. The molecular weight excluding hydrogens is 364 g/mol. The van der Waals surface area contributed by atoms with Crippen molar-refractivity contribution in [3.05, 3.63) is 77.9 Å². The molecule has 29 heavy (non-hydrogen) atoms. The van der Waals surface area contributed by atoms with Gasteiger partial charge in [-0.3, -0.25) is 9.59 Å². The number of hydrogen-bond acceptors (Lipinski definition) is 4. The van der Waals surface area contributed by atoms with Crippen molar-refractivity contribution >= 4 is 23.3 Å². The molecule has 2 amide bonds. The van der Waals surface area contributed by atoms with E-state index in [9.17, 15) is 9.59 Å². The molecule has 1 aromatic heterocycles. The molecule has 6 nitrogen and oxygen atoms in total. The van der Waals surface area contributed by atoms with Gasteiger partial charge in [0, 0.05) is 23.6 Å². The van der Waals surface area contributed by atoms with Gasteiger partial charge < -0.3 is 16.4 Å². The summed E-state index contributed by atoms with van der Waals surface area (Å²) in [6.07, 6.45) is 1.96. The molecule has 2 aromatic carbocycles. The minimum Gasteiger partial charge on any atom is -0.396 e. The fourth-order valence-corrected chi connectivity index (χ4v) is 2.97. The van der Waals surface area contributed by atoms with Gasteiger partial charge in [0.1, 0.15) is 0 Å². The van der Waals surface area contributed by atoms with Crippen LogP contribution in [0.5, 0.6) is 0 Å². The fraction of sp³-hybridized carbons (Fsp3) is 0.174. The quantitative estimate of drug-likeness (QED) is 0.603. The van der Waals surface area contributed by atoms with Gasteiger partial charge in [0.25, 0.3) is 5.91 Å². The van der Waals surface area contributed by atoms with Crippen molar-refractivity contribution in [1.29, 1.82) is 0 Å². The molecule has 1 heterocycles. The molecule has 0 spiro atoms. The molecule has 0 bridgehead atoms. The Morgan fingerprint density at radius 3 is 2.38 bits per heavy atom. The second-order valence-electron chi connectivity index (χ2n) is 7.14. The molecule has 0 atom stereocenters. The first-order valence-corrected chi connectivity index (χ1v) is 9.60. The molecule has 0 saturated heterocycles. The highest BCUT2D eigenvalue weighted by atomic mass is 16.2. The number of benzene rings is 2. The lowest BCUT2D eigenvalue weighted by molar-refractivity contribution is -0.122. The standard InChI is InChI=1S/C23H22N4O2/c24-19-12-13-20(16-4-2-1-3-5-16)26-21(19)27-23(29)18-8-6-15(7-9-18)14-25-22(28)17-10-11-17/h1-9,12-13,17H,10-11,14,24H2,(H,25,28)(H,26,27,29). The van der Waals surface area contributed by atoms with Gasteiger partial charge in [0.15, 0.2) is 5.82 Å². The number of amides is 2. The van der Waals surface area contributed by atoms with Gasteiger partial charge in [-0.25, -0.2) is 4.98 Å². The summed E-state index contributed by atoms with van der Waals surface area (Å²) in [7, 11) is 0. The van der Waals surface area contributed by atoms with Crippen LogP contribution < -0.4 is 16.4 Å². The molecule has 4 rings (SSSR count). The third-order valence-corrected chi connectivity index (χ3v) is 4.86. The second-order valence-corrected chi connectivity index (χ2v) is 7.14. The molecule has 0 unspecified atom stereocenters. The molecule has 1 saturated carbocycles. The number of nitrogens with zero attached hydrogens (tertiary/aromatic N) is 1. The van der Waals surface area contributed by atoms with Crippen molar-refractivity contribution in [1.82, 2.24) is 10.3 Å². The summed E-state index contributed by atoms with van der Waals surface area (Å²) in [6.45, 7) is 0.463. The Morgan fingerprint density at radius 1 is 0.966 bits per heavy atom. The maximum atomic E-state index is 12.6. The van der Waals surface area contributed by atoms with Gasteiger partial charge in [-0.15, -0.1) is 0 Å². The number of anilines is 2. The predicted octanol–water partition coefficient (Wildman–Crippen LogP) is 3.61. The zero-order chi connectivity index (χ0) is 20.2. The van der Waals surface area contributed by atoms with Crippen molar-refractivity contribution in [3.8, 4) is 11.3 Å². The van der Waals surface area contributed by atoms with Gasteiger partial charge >= 0.3 is 0 Å². The molecular formula is C23H22N4O2. The number of hydrogen-bond donors (Lipinski definition) is 3. The third kappa shape index (κ3) is 4.60. The van der Waals surface area contributed by atoms with Gasteiger partial charge in [-0.2, -0.15) is 0 Å². The van der Waals surface area contributed by atoms with Crippen molar-refractivity contribution < 1.29 is 9.59 Å². The lowest BCUT2D eigenvalue weighted by Crippen LogP contribution is -2.24. The molecule has 1 aliphatic carbocycles. The Kier molecular flexibility index (Phi) is 5.24. The number of nitrogens with two attached hydrogens (primary N) is 1. The topological polar surface area (TPSA) is 97.1 Å². The Labute approximate surface area is 169 Å². The van der Waals surface area contributed by atoms with Crippen molar-refractivity contribution in [3.63, 3.8) is 0 Å². The van der Waals surface area contributed by atoms with E-state index < -0.39 is 0 Å². The summed E-state index contributed by atoms with van der Waals surface area (Å²) in [5, 5.41) is 5.70. The van der Waals surface area contributed by atoms with E-state index >= 15 is 0 Å². The Bertz CT molecular complexity index is 1030. The largest absolute Gasteiger partial charge is 0.396 e. The molecule has 3 aromatic rings. The van der Waals surface area contributed by atoms with E-state index in [1.54, 1.807) is 18.2 Å². The van der Waals surface area contributed by atoms with Crippen LogP contribution >= 0.6 is 0 Å². The van der Waals surface area contributed by atoms with Crippen LogP contribution in [-0.4, -0.2) is 16.8 Å². The Balaban J connectivity index is 1.43. The number of aromatic nitrogens is 1. The Hall–Kier alpha value is -3.67. The van der Waals surface area contributed by atoms with Crippen LogP contribution in [0.3, 0.4) is 0 Å². The van der Waals surface area contributed by atoms with Crippen LogP contribution in [0.2, 0.25) is 0 Å². The van der Waals surface area contributed by atoms with Crippen molar-refractivity contribution in [2.45, 2.75) is 19.4 Å². The van der Waals surface area contributed by atoms with Gasteiger partial charge in [0.2, 0.25) is 5.91 Å². The first kappa shape index (κ1) is 18.7. The van der Waals surface area contributed by atoms with Crippen LogP contribution in [-0.2, 0) is 11.3 Å². The van der Waals surface area contributed by atoms with Crippen LogP contribution in [0.1, 0.15) is 28.8 Å². The van der Waals surface area contributed by atoms with E-state index in [-0.39, 0.29) is 17.7 Å². The van der Waals surface area contributed by atoms with Crippen molar-refractivity contribution in [2.75, 3.05) is 11.1 Å². The zero-order valence-corrected chi connectivity index (χ0v) is 15.9. The summed E-state index contributed by atoms with van der Waals surface area (Å²) in [5.74, 6) is 0.330. The van der Waals surface area contributed by atoms with E-state index in [2.05, 4.69) is 15.6 Å². The van der Waals surface area contributed by atoms with E-state index in [4.69, 9.17) is 5.73 Å². The summed E-state index contributed by atoms with van der Waals surface area (Å²) < 4.78 is 0. The number of nitrogens with one attached hydrogen (secondary N) is 2. The monoisotopic (exact) mass is 386 g/mol. The first-order chi connectivity index (χ1) is 14.1. The molecule has 1 aliphatic rings. The maximum Gasteiger partial charge on any atom is 0.256 e. The minimum atomic E-state index is -0.289. The maximum absolute atomic E-state index is 12.6. The average Bonchev–Trinajstić information content (AvgIpc) is 3.60. The summed E-state index contributed by atoms with van der Waals surface area (Å²) in [6, 6.07) is 20.4. The SMILES string of the molecule is Nc1ccc(-c2ccccc2)nc1NC(=O)c1ccc(CNC(=O)C2CC2)cc1. The number of nitrogen functional groups attached to an aromatic ring is 1. The van der Waals surface area contributed by atoms with Crippen LogP contribution in [0, 0.1) is 5.92 Å². The molecule has 4 N–H and O–H groups in total. The number of rotatable bonds is 6. The van der Waals surface area contributed by atoms with Crippen LogP contribution in [0.15, 0.2) is 66.7 Å². The summed E-state index contributed by atoms with van der Waals surface area (Å²) in [4.78, 5) is 28.8. The number of carbonyl (C=O) groups excluding carboxylic acids is 2. The van der Waals surface area contributed by atoms with Gasteiger partial charge in [-0.05, 0) is 42.7 Å². The van der Waals surface area contributed by atoms with Gasteiger partial charge in [-0.1, -0.05) is 42.5 Å². The lowest BCUT2D eigenvalue weighted by atomic mass is 10.1. The molecule has 1 fully saturated rings. The Morgan fingerprint density at radius 2 is 1.69 bits per heavy atom. The number of carbonyl (C=O) groups is 2. The lowest BCUT2D eigenvalue weighted by Gasteiger charge is -2.10. The average molecular weight is 386 g/mol. The second kappa shape index (κ2) is 8.14. The molecule has 0 radical (unpaired) electrons.